The molecule has 2 heterocycles. The number of aromatic amines is 1. The van der Waals surface area contributed by atoms with Gasteiger partial charge in [0.1, 0.15) is 11.5 Å². The molecule has 100 valence electrons. The van der Waals surface area contributed by atoms with Crippen LogP contribution in [-0.2, 0) is 4.74 Å². The molecule has 0 aliphatic carbocycles. The lowest BCUT2D eigenvalue weighted by molar-refractivity contribution is -0.0246. The fraction of sp³-hybridized carbons (Fsp3) is 0.636. The first kappa shape index (κ1) is 12.8. The molecule has 18 heavy (non-hydrogen) atoms. The van der Waals surface area contributed by atoms with E-state index < -0.39 is 0 Å². The van der Waals surface area contributed by atoms with Gasteiger partial charge in [-0.15, -0.1) is 0 Å². The molecule has 7 heteroatoms. The molecular weight excluding hydrogens is 234 g/mol. The second-order valence-corrected chi connectivity index (χ2v) is 4.30. The minimum atomic E-state index is -0.212. The zero-order valence-corrected chi connectivity index (χ0v) is 10.5. The van der Waals surface area contributed by atoms with Crippen LogP contribution in [0.15, 0.2) is 6.07 Å². The number of hydrogen-bond acceptors (Lipinski definition) is 5. The van der Waals surface area contributed by atoms with E-state index in [1.807, 2.05) is 0 Å². The number of H-pyrrole nitrogens is 1. The second-order valence-electron chi connectivity index (χ2n) is 4.30. The average molecular weight is 253 g/mol. The minimum Gasteiger partial charge on any atom is -0.382 e. The van der Waals surface area contributed by atoms with Gasteiger partial charge in [0.15, 0.2) is 0 Å². The highest BCUT2D eigenvalue weighted by Crippen LogP contribution is 2.04. The van der Waals surface area contributed by atoms with Crippen molar-refractivity contribution in [3.05, 3.63) is 11.8 Å². The zero-order valence-electron chi connectivity index (χ0n) is 10.5. The quantitative estimate of drug-likeness (QED) is 0.668. The lowest BCUT2D eigenvalue weighted by atomic mass is 10.2. The Hall–Kier alpha value is -1.60. The molecule has 1 amide bonds. The van der Waals surface area contributed by atoms with Gasteiger partial charge in [-0.2, -0.15) is 5.10 Å². The monoisotopic (exact) mass is 253 g/mol. The van der Waals surface area contributed by atoms with Gasteiger partial charge in [0, 0.05) is 25.7 Å². The standard InChI is InChI=1S/C11H19N5O2/c1-2-16-3-4-18-8(7-16)6-13-11(17)9-5-10(12)15-14-9/h5,8H,2-4,6-7H2,1H3,(H,13,17)(H3,12,14,15). The molecule has 4 N–H and O–H groups in total. The molecule has 0 bridgehead atoms. The number of nitrogen functional groups attached to an aromatic ring is 1. The molecule has 0 aromatic carbocycles. The number of nitrogens with zero attached hydrogens (tertiary/aromatic N) is 2. The van der Waals surface area contributed by atoms with Crippen molar-refractivity contribution in [2.45, 2.75) is 13.0 Å². The van der Waals surface area contributed by atoms with Crippen LogP contribution in [-0.4, -0.2) is 59.9 Å². The number of carbonyl (C=O) groups excluding carboxylic acids is 1. The van der Waals surface area contributed by atoms with E-state index in [4.69, 9.17) is 10.5 Å². The Balaban J connectivity index is 1.79. The zero-order chi connectivity index (χ0) is 13.0. The largest absolute Gasteiger partial charge is 0.382 e. The second kappa shape index (κ2) is 5.83. The highest BCUT2D eigenvalue weighted by atomic mass is 16.5. The SMILES string of the molecule is CCN1CCOC(CNC(=O)c2cc(N)n[nH]2)C1. The Labute approximate surface area is 106 Å². The summed E-state index contributed by atoms with van der Waals surface area (Å²) in [6.07, 6.45) is 0.0444. The lowest BCUT2D eigenvalue weighted by Gasteiger charge is -2.32. The summed E-state index contributed by atoms with van der Waals surface area (Å²) in [6.45, 7) is 6.14. The van der Waals surface area contributed by atoms with Gasteiger partial charge in [-0.1, -0.05) is 6.92 Å². The van der Waals surface area contributed by atoms with E-state index in [2.05, 4.69) is 27.3 Å². The Bertz CT molecular complexity index is 406. The highest BCUT2D eigenvalue weighted by molar-refractivity contribution is 5.92. The molecule has 7 nitrogen and oxygen atoms in total. The molecule has 1 unspecified atom stereocenters. The van der Waals surface area contributed by atoms with Crippen LogP contribution in [0.25, 0.3) is 0 Å². The molecule has 1 aromatic rings. The van der Waals surface area contributed by atoms with E-state index in [-0.39, 0.29) is 12.0 Å². The van der Waals surface area contributed by atoms with Crippen LogP contribution in [0.5, 0.6) is 0 Å². The van der Waals surface area contributed by atoms with Gasteiger partial charge in [-0.25, -0.2) is 0 Å². The molecule has 2 rings (SSSR count). The summed E-state index contributed by atoms with van der Waals surface area (Å²) in [6, 6.07) is 1.51. The summed E-state index contributed by atoms with van der Waals surface area (Å²) in [5.41, 5.74) is 5.81. The maximum atomic E-state index is 11.7. The summed E-state index contributed by atoms with van der Waals surface area (Å²) in [5, 5.41) is 9.09. The molecule has 1 aromatic heterocycles. The van der Waals surface area contributed by atoms with Crippen molar-refractivity contribution in [2.24, 2.45) is 0 Å². The van der Waals surface area contributed by atoms with Crippen molar-refractivity contribution in [1.82, 2.24) is 20.4 Å². The van der Waals surface area contributed by atoms with Crippen molar-refractivity contribution in [3.63, 3.8) is 0 Å². The molecule has 1 aliphatic heterocycles. The topological polar surface area (TPSA) is 96.3 Å². The van der Waals surface area contributed by atoms with Crippen molar-refractivity contribution >= 4 is 11.7 Å². The van der Waals surface area contributed by atoms with E-state index in [9.17, 15) is 4.79 Å². The molecule has 1 fully saturated rings. The van der Waals surface area contributed by atoms with Gasteiger partial charge in [-0.05, 0) is 6.54 Å². The number of nitrogens with two attached hydrogens (primary N) is 1. The number of hydrogen-bond donors (Lipinski definition) is 3. The van der Waals surface area contributed by atoms with Gasteiger partial charge >= 0.3 is 0 Å². The van der Waals surface area contributed by atoms with Crippen molar-refractivity contribution in [1.29, 1.82) is 0 Å². The number of rotatable bonds is 4. The molecule has 0 spiro atoms. The van der Waals surface area contributed by atoms with Crippen molar-refractivity contribution in [2.75, 3.05) is 38.5 Å². The Kier molecular flexibility index (Phi) is 4.16. The van der Waals surface area contributed by atoms with Crippen LogP contribution < -0.4 is 11.1 Å². The lowest BCUT2D eigenvalue weighted by Crippen LogP contribution is -2.47. The number of likely N-dealkylation sites (N-methyl/N-ethyl adjacent to an activating group) is 1. The third-order valence-corrected chi connectivity index (χ3v) is 3.00. The number of amides is 1. The summed E-state index contributed by atoms with van der Waals surface area (Å²) >= 11 is 0. The molecular formula is C11H19N5O2. The fourth-order valence-electron chi connectivity index (χ4n) is 1.95. The van der Waals surface area contributed by atoms with Gasteiger partial charge in [0.25, 0.3) is 5.91 Å². The van der Waals surface area contributed by atoms with Crippen LogP contribution in [0, 0.1) is 0 Å². The van der Waals surface area contributed by atoms with Gasteiger partial charge in [0.2, 0.25) is 0 Å². The summed E-state index contributed by atoms with van der Waals surface area (Å²) in [5.74, 6) is 0.0997. The van der Waals surface area contributed by atoms with Crippen LogP contribution in [0.4, 0.5) is 5.82 Å². The van der Waals surface area contributed by atoms with Crippen LogP contribution >= 0.6 is 0 Å². The Morgan fingerprint density at radius 1 is 1.78 bits per heavy atom. The first-order chi connectivity index (χ1) is 8.69. The van der Waals surface area contributed by atoms with E-state index in [0.717, 1.165) is 19.6 Å². The summed E-state index contributed by atoms with van der Waals surface area (Å²) in [4.78, 5) is 14.0. The third kappa shape index (κ3) is 3.21. The molecule has 1 saturated heterocycles. The van der Waals surface area contributed by atoms with E-state index in [0.29, 0.717) is 24.7 Å². The third-order valence-electron chi connectivity index (χ3n) is 3.00. The molecule has 0 saturated carbocycles. The highest BCUT2D eigenvalue weighted by Gasteiger charge is 2.20. The fourth-order valence-corrected chi connectivity index (χ4v) is 1.95. The summed E-state index contributed by atoms with van der Waals surface area (Å²) < 4.78 is 5.59. The number of morpholine rings is 1. The number of anilines is 1. The predicted octanol–water partition coefficient (Wildman–Crippen LogP) is -0.558. The van der Waals surface area contributed by atoms with Crippen molar-refractivity contribution < 1.29 is 9.53 Å². The number of ether oxygens (including phenoxy) is 1. The van der Waals surface area contributed by atoms with Crippen LogP contribution in [0.1, 0.15) is 17.4 Å². The van der Waals surface area contributed by atoms with E-state index in [1.165, 1.54) is 6.07 Å². The summed E-state index contributed by atoms with van der Waals surface area (Å²) in [7, 11) is 0. The van der Waals surface area contributed by atoms with Crippen molar-refractivity contribution in [3.8, 4) is 0 Å². The smallest absolute Gasteiger partial charge is 0.269 e. The molecule has 0 radical (unpaired) electrons. The first-order valence-corrected chi connectivity index (χ1v) is 6.12. The molecule has 1 atom stereocenters. The Morgan fingerprint density at radius 3 is 3.28 bits per heavy atom. The molecule has 1 aliphatic rings. The van der Waals surface area contributed by atoms with Gasteiger partial charge in [0.05, 0.1) is 12.7 Å². The predicted molar refractivity (Wildman–Crippen MR) is 67.2 cm³/mol. The van der Waals surface area contributed by atoms with Crippen LogP contribution in [0.2, 0.25) is 0 Å². The van der Waals surface area contributed by atoms with Gasteiger partial charge in [-0.3, -0.25) is 14.8 Å². The number of nitrogens with one attached hydrogen (secondary N) is 2. The van der Waals surface area contributed by atoms with Crippen LogP contribution in [0.3, 0.4) is 0 Å². The minimum absolute atomic E-state index is 0.0444. The van der Waals surface area contributed by atoms with Gasteiger partial charge < -0.3 is 15.8 Å². The average Bonchev–Trinajstić information content (AvgIpc) is 2.83. The maximum Gasteiger partial charge on any atom is 0.269 e. The number of carbonyl (C=O) groups is 1. The van der Waals surface area contributed by atoms with E-state index >= 15 is 0 Å². The first-order valence-electron chi connectivity index (χ1n) is 6.12. The normalized spacial score (nSPS) is 20.8. The van der Waals surface area contributed by atoms with E-state index in [1.54, 1.807) is 0 Å². The number of aromatic nitrogens is 2. The maximum absolute atomic E-state index is 11.7. The Morgan fingerprint density at radius 2 is 2.61 bits per heavy atom.